The standard InChI is InChI=1S/C22H31N3O/c1-18-8-6-7-11-21(18)16-19(2)24-22(26)17-25(15-13-23)14-12-20-9-4-3-5-10-20/h3-11,19H,12-17,23H2,1-2H3,(H,24,26). The number of nitrogens with one attached hydrogen (secondary N) is 1. The van der Waals surface area contributed by atoms with Crippen LogP contribution in [-0.2, 0) is 17.6 Å². The fourth-order valence-corrected chi connectivity index (χ4v) is 3.13. The quantitative estimate of drug-likeness (QED) is 0.690. The molecule has 0 saturated carbocycles. The highest BCUT2D eigenvalue weighted by Crippen LogP contribution is 2.09. The van der Waals surface area contributed by atoms with E-state index in [-0.39, 0.29) is 11.9 Å². The molecule has 0 saturated heterocycles. The van der Waals surface area contributed by atoms with Gasteiger partial charge in [0.1, 0.15) is 0 Å². The van der Waals surface area contributed by atoms with E-state index in [2.05, 4.69) is 48.3 Å². The van der Waals surface area contributed by atoms with E-state index < -0.39 is 0 Å². The van der Waals surface area contributed by atoms with Crippen LogP contribution in [0, 0.1) is 6.92 Å². The average Bonchev–Trinajstić information content (AvgIpc) is 2.62. The molecule has 1 amide bonds. The first kappa shape index (κ1) is 20.1. The van der Waals surface area contributed by atoms with Gasteiger partial charge in [-0.25, -0.2) is 0 Å². The van der Waals surface area contributed by atoms with Gasteiger partial charge >= 0.3 is 0 Å². The molecule has 0 aliphatic heterocycles. The van der Waals surface area contributed by atoms with E-state index in [1.165, 1.54) is 16.7 Å². The molecule has 26 heavy (non-hydrogen) atoms. The minimum atomic E-state index is 0.0626. The van der Waals surface area contributed by atoms with Crippen molar-refractivity contribution in [2.45, 2.75) is 32.7 Å². The van der Waals surface area contributed by atoms with Crippen molar-refractivity contribution in [3.8, 4) is 0 Å². The molecule has 0 fully saturated rings. The van der Waals surface area contributed by atoms with E-state index in [1.54, 1.807) is 0 Å². The first-order valence-corrected chi connectivity index (χ1v) is 9.38. The Morgan fingerprint density at radius 1 is 1.08 bits per heavy atom. The Kier molecular flexibility index (Phi) is 8.32. The van der Waals surface area contributed by atoms with Crippen LogP contribution in [0.25, 0.3) is 0 Å². The molecule has 0 spiro atoms. The van der Waals surface area contributed by atoms with Gasteiger partial charge in [-0.05, 0) is 43.4 Å². The van der Waals surface area contributed by atoms with Crippen molar-refractivity contribution in [3.05, 3.63) is 71.3 Å². The molecule has 2 aromatic carbocycles. The van der Waals surface area contributed by atoms with Crippen molar-refractivity contribution in [3.63, 3.8) is 0 Å². The second-order valence-electron chi connectivity index (χ2n) is 6.90. The van der Waals surface area contributed by atoms with Gasteiger partial charge in [-0.3, -0.25) is 9.69 Å². The molecular weight excluding hydrogens is 322 g/mol. The molecule has 0 aliphatic rings. The zero-order valence-electron chi connectivity index (χ0n) is 15.9. The maximum absolute atomic E-state index is 12.4. The molecule has 0 bridgehead atoms. The minimum absolute atomic E-state index is 0.0626. The molecule has 140 valence electrons. The Morgan fingerprint density at radius 2 is 1.77 bits per heavy atom. The smallest absolute Gasteiger partial charge is 0.234 e. The van der Waals surface area contributed by atoms with Crippen LogP contribution in [0.3, 0.4) is 0 Å². The van der Waals surface area contributed by atoms with Crippen molar-refractivity contribution < 1.29 is 4.79 Å². The van der Waals surface area contributed by atoms with E-state index in [4.69, 9.17) is 5.73 Å². The predicted octanol–water partition coefficient (Wildman–Crippen LogP) is 2.55. The molecule has 4 heteroatoms. The lowest BCUT2D eigenvalue weighted by molar-refractivity contribution is -0.122. The van der Waals surface area contributed by atoms with Crippen LogP contribution < -0.4 is 11.1 Å². The average molecular weight is 354 g/mol. The summed E-state index contributed by atoms with van der Waals surface area (Å²) in [5.41, 5.74) is 9.55. The lowest BCUT2D eigenvalue weighted by atomic mass is 10.0. The van der Waals surface area contributed by atoms with Crippen molar-refractivity contribution in [1.29, 1.82) is 0 Å². The van der Waals surface area contributed by atoms with Gasteiger partial charge in [0.25, 0.3) is 0 Å². The molecular formula is C22H31N3O. The summed E-state index contributed by atoms with van der Waals surface area (Å²) < 4.78 is 0. The van der Waals surface area contributed by atoms with Gasteiger partial charge in [0.15, 0.2) is 0 Å². The van der Waals surface area contributed by atoms with Crippen LogP contribution in [0.2, 0.25) is 0 Å². The van der Waals surface area contributed by atoms with Crippen LogP contribution in [0.1, 0.15) is 23.6 Å². The Hall–Kier alpha value is -2.17. The summed E-state index contributed by atoms with van der Waals surface area (Å²) in [4.78, 5) is 14.6. The topological polar surface area (TPSA) is 58.4 Å². The molecule has 1 atom stereocenters. The molecule has 0 heterocycles. The van der Waals surface area contributed by atoms with Crippen LogP contribution in [0.5, 0.6) is 0 Å². The maximum atomic E-state index is 12.4. The van der Waals surface area contributed by atoms with Gasteiger partial charge in [-0.15, -0.1) is 0 Å². The van der Waals surface area contributed by atoms with E-state index in [0.29, 0.717) is 13.1 Å². The second kappa shape index (κ2) is 10.7. The summed E-state index contributed by atoms with van der Waals surface area (Å²) >= 11 is 0. The van der Waals surface area contributed by atoms with Crippen LogP contribution in [0.15, 0.2) is 54.6 Å². The highest BCUT2D eigenvalue weighted by Gasteiger charge is 2.13. The number of aryl methyl sites for hydroxylation is 1. The Balaban J connectivity index is 1.81. The highest BCUT2D eigenvalue weighted by molar-refractivity contribution is 5.78. The fourth-order valence-electron chi connectivity index (χ4n) is 3.13. The van der Waals surface area contributed by atoms with Crippen LogP contribution in [0.4, 0.5) is 0 Å². The van der Waals surface area contributed by atoms with Gasteiger partial charge in [-0.1, -0.05) is 54.6 Å². The summed E-state index contributed by atoms with van der Waals surface area (Å²) in [7, 11) is 0. The maximum Gasteiger partial charge on any atom is 0.234 e. The fraction of sp³-hybridized carbons (Fsp3) is 0.409. The summed E-state index contributed by atoms with van der Waals surface area (Å²) in [5.74, 6) is 0.0626. The van der Waals surface area contributed by atoms with E-state index in [9.17, 15) is 4.79 Å². The van der Waals surface area contributed by atoms with E-state index in [1.807, 2.05) is 30.3 Å². The lowest BCUT2D eigenvalue weighted by Crippen LogP contribution is -2.43. The van der Waals surface area contributed by atoms with Crippen molar-refractivity contribution in [2.24, 2.45) is 5.73 Å². The monoisotopic (exact) mass is 353 g/mol. The van der Waals surface area contributed by atoms with Gasteiger partial charge in [0.2, 0.25) is 5.91 Å². The predicted molar refractivity (Wildman–Crippen MR) is 108 cm³/mol. The number of nitrogens with two attached hydrogens (primary N) is 1. The number of amides is 1. The number of carbonyl (C=O) groups excluding carboxylic acids is 1. The molecule has 1 unspecified atom stereocenters. The number of hydrogen-bond acceptors (Lipinski definition) is 3. The van der Waals surface area contributed by atoms with Crippen LogP contribution >= 0.6 is 0 Å². The first-order chi connectivity index (χ1) is 12.6. The number of rotatable bonds is 10. The van der Waals surface area contributed by atoms with Crippen LogP contribution in [-0.4, -0.2) is 43.0 Å². The van der Waals surface area contributed by atoms with Crippen molar-refractivity contribution >= 4 is 5.91 Å². The zero-order valence-corrected chi connectivity index (χ0v) is 15.9. The third-order valence-electron chi connectivity index (χ3n) is 4.57. The summed E-state index contributed by atoms with van der Waals surface area (Å²) in [6.07, 6.45) is 1.77. The van der Waals surface area contributed by atoms with Crippen molar-refractivity contribution in [1.82, 2.24) is 10.2 Å². The minimum Gasteiger partial charge on any atom is -0.352 e. The van der Waals surface area contributed by atoms with E-state index in [0.717, 1.165) is 25.9 Å². The van der Waals surface area contributed by atoms with Gasteiger partial charge in [0.05, 0.1) is 6.54 Å². The molecule has 2 aromatic rings. The molecule has 2 rings (SSSR count). The van der Waals surface area contributed by atoms with Gasteiger partial charge in [0, 0.05) is 25.7 Å². The Bertz CT molecular complexity index is 672. The van der Waals surface area contributed by atoms with Gasteiger partial charge < -0.3 is 11.1 Å². The SMILES string of the molecule is Cc1ccccc1CC(C)NC(=O)CN(CCN)CCc1ccccc1. The number of benzene rings is 2. The summed E-state index contributed by atoms with van der Waals surface area (Å²) in [6, 6.07) is 18.8. The second-order valence-corrected chi connectivity index (χ2v) is 6.90. The molecule has 0 radical (unpaired) electrons. The first-order valence-electron chi connectivity index (χ1n) is 9.38. The van der Waals surface area contributed by atoms with Gasteiger partial charge in [-0.2, -0.15) is 0 Å². The molecule has 4 nitrogen and oxygen atoms in total. The number of nitrogens with zero attached hydrogens (tertiary/aromatic N) is 1. The third-order valence-corrected chi connectivity index (χ3v) is 4.57. The van der Waals surface area contributed by atoms with E-state index >= 15 is 0 Å². The molecule has 0 aliphatic carbocycles. The lowest BCUT2D eigenvalue weighted by Gasteiger charge is -2.23. The third kappa shape index (κ3) is 6.98. The Labute approximate surface area is 157 Å². The molecule has 3 N–H and O–H groups in total. The molecule has 0 aromatic heterocycles. The summed E-state index contributed by atoms with van der Waals surface area (Å²) in [5, 5.41) is 3.12. The number of carbonyl (C=O) groups is 1. The largest absolute Gasteiger partial charge is 0.352 e. The zero-order chi connectivity index (χ0) is 18.8. The summed E-state index contributed by atoms with van der Waals surface area (Å²) in [6.45, 7) is 6.67. The number of hydrogen-bond donors (Lipinski definition) is 2. The normalized spacial score (nSPS) is 12.2. The van der Waals surface area contributed by atoms with Crippen molar-refractivity contribution in [2.75, 3.05) is 26.2 Å². The highest BCUT2D eigenvalue weighted by atomic mass is 16.2. The Morgan fingerprint density at radius 3 is 2.46 bits per heavy atom.